The number of rotatable bonds is 7. The zero-order valence-electron chi connectivity index (χ0n) is 18.1. The molecule has 0 spiro atoms. The lowest BCUT2D eigenvalue weighted by atomic mass is 9.72. The Hall–Kier alpha value is -2.66. The second-order valence-corrected chi connectivity index (χ2v) is 8.71. The molecule has 2 aromatic rings. The van der Waals surface area contributed by atoms with E-state index in [2.05, 4.69) is 5.32 Å². The lowest BCUT2D eigenvalue weighted by Gasteiger charge is -2.41. The number of hydrogen-bond acceptors (Lipinski definition) is 3. The summed E-state index contributed by atoms with van der Waals surface area (Å²) in [7, 11) is 0. The molecule has 31 heavy (non-hydrogen) atoms. The monoisotopic (exact) mass is 420 g/mol. The van der Waals surface area contributed by atoms with E-state index < -0.39 is 5.41 Å². The number of nitrogens with one attached hydrogen (secondary N) is 1. The third kappa shape index (κ3) is 5.16. The number of piperidine rings is 1. The number of hydrogen-bond donors (Lipinski definition) is 1. The minimum atomic E-state index is -0.612. The topological polar surface area (TPSA) is 58.6 Å². The van der Waals surface area contributed by atoms with Gasteiger partial charge in [-0.3, -0.25) is 9.59 Å². The van der Waals surface area contributed by atoms with Crippen LogP contribution in [0.15, 0.2) is 60.7 Å². The Morgan fingerprint density at radius 2 is 1.55 bits per heavy atom. The summed E-state index contributed by atoms with van der Waals surface area (Å²) in [4.78, 5) is 28.0. The van der Waals surface area contributed by atoms with Crippen molar-refractivity contribution in [2.75, 3.05) is 19.7 Å². The normalized spacial score (nSPS) is 18.6. The predicted octanol–water partition coefficient (Wildman–Crippen LogP) is 3.82. The van der Waals surface area contributed by atoms with Crippen LogP contribution in [0.2, 0.25) is 0 Å². The molecule has 0 radical (unpaired) electrons. The summed E-state index contributed by atoms with van der Waals surface area (Å²) in [5.74, 6) is 0.0788. The van der Waals surface area contributed by atoms with Crippen LogP contribution in [-0.2, 0) is 26.3 Å². The molecule has 164 valence electrons. The van der Waals surface area contributed by atoms with E-state index in [0.29, 0.717) is 32.5 Å². The van der Waals surface area contributed by atoms with Gasteiger partial charge in [0.05, 0.1) is 11.5 Å². The maximum Gasteiger partial charge on any atom is 0.248 e. The molecule has 2 amide bonds. The number of carbonyl (C=O) groups is 2. The van der Waals surface area contributed by atoms with Crippen molar-refractivity contribution in [1.29, 1.82) is 0 Å². The molecular weight excluding hydrogens is 388 g/mol. The molecule has 0 bridgehead atoms. The Morgan fingerprint density at radius 1 is 0.935 bits per heavy atom. The van der Waals surface area contributed by atoms with Crippen molar-refractivity contribution in [2.45, 2.75) is 56.6 Å². The van der Waals surface area contributed by atoms with E-state index in [9.17, 15) is 9.59 Å². The van der Waals surface area contributed by atoms with E-state index in [4.69, 9.17) is 4.74 Å². The lowest BCUT2D eigenvalue weighted by Crippen LogP contribution is -2.53. The predicted molar refractivity (Wildman–Crippen MR) is 120 cm³/mol. The highest BCUT2D eigenvalue weighted by Crippen LogP contribution is 2.36. The van der Waals surface area contributed by atoms with Gasteiger partial charge in [0.1, 0.15) is 6.61 Å². The Labute approximate surface area is 184 Å². The van der Waals surface area contributed by atoms with Crippen molar-refractivity contribution in [3.05, 3.63) is 71.8 Å². The van der Waals surface area contributed by atoms with Gasteiger partial charge in [-0.05, 0) is 36.8 Å². The first-order valence-corrected chi connectivity index (χ1v) is 11.4. The minimum Gasteiger partial charge on any atom is -0.368 e. The average Bonchev–Trinajstić information content (AvgIpc) is 3.36. The van der Waals surface area contributed by atoms with Crippen LogP contribution in [0.4, 0.5) is 0 Å². The smallest absolute Gasteiger partial charge is 0.248 e. The van der Waals surface area contributed by atoms with Crippen LogP contribution in [-0.4, -0.2) is 42.5 Å². The highest BCUT2D eigenvalue weighted by atomic mass is 16.5. The fourth-order valence-corrected chi connectivity index (χ4v) is 4.82. The van der Waals surface area contributed by atoms with Gasteiger partial charge in [0.15, 0.2) is 0 Å². The summed E-state index contributed by atoms with van der Waals surface area (Å²) in [6.07, 6.45) is 5.99. The lowest BCUT2D eigenvalue weighted by molar-refractivity contribution is -0.142. The number of benzene rings is 2. The van der Waals surface area contributed by atoms with Crippen molar-refractivity contribution in [3.8, 4) is 0 Å². The number of carbonyl (C=O) groups excluding carboxylic acids is 2. The molecule has 1 N–H and O–H groups in total. The zero-order chi connectivity index (χ0) is 21.5. The summed E-state index contributed by atoms with van der Waals surface area (Å²) in [6.45, 7) is 1.80. The quantitative estimate of drug-likeness (QED) is 0.741. The van der Waals surface area contributed by atoms with Crippen LogP contribution in [0, 0.1) is 0 Å². The van der Waals surface area contributed by atoms with Crippen LogP contribution in [0.5, 0.6) is 0 Å². The molecule has 5 nitrogen and oxygen atoms in total. The summed E-state index contributed by atoms with van der Waals surface area (Å²) < 4.78 is 5.82. The molecule has 1 saturated heterocycles. The summed E-state index contributed by atoms with van der Waals surface area (Å²) >= 11 is 0. The third-order valence-corrected chi connectivity index (χ3v) is 6.77. The Kier molecular flexibility index (Phi) is 7.03. The highest BCUT2D eigenvalue weighted by molar-refractivity contribution is 5.89. The van der Waals surface area contributed by atoms with Gasteiger partial charge in [-0.15, -0.1) is 0 Å². The van der Waals surface area contributed by atoms with Crippen molar-refractivity contribution >= 4 is 11.8 Å². The Balaban J connectivity index is 1.40. The molecule has 1 aliphatic heterocycles. The van der Waals surface area contributed by atoms with Crippen molar-refractivity contribution in [3.63, 3.8) is 0 Å². The summed E-state index contributed by atoms with van der Waals surface area (Å²) in [6, 6.07) is 20.0. The van der Waals surface area contributed by atoms with E-state index in [1.54, 1.807) is 0 Å². The van der Waals surface area contributed by atoms with Gasteiger partial charge in [0.25, 0.3) is 0 Å². The molecule has 0 unspecified atom stereocenters. The minimum absolute atomic E-state index is 0.0388. The van der Waals surface area contributed by atoms with Gasteiger partial charge in [0.2, 0.25) is 11.8 Å². The highest BCUT2D eigenvalue weighted by Gasteiger charge is 2.43. The largest absolute Gasteiger partial charge is 0.368 e. The molecule has 0 atom stereocenters. The molecule has 4 rings (SSSR count). The van der Waals surface area contributed by atoms with Gasteiger partial charge in [0, 0.05) is 19.6 Å². The van der Waals surface area contributed by atoms with Gasteiger partial charge >= 0.3 is 0 Å². The molecule has 1 saturated carbocycles. The Bertz CT molecular complexity index is 855. The molecule has 2 aliphatic rings. The van der Waals surface area contributed by atoms with Gasteiger partial charge in [-0.1, -0.05) is 73.5 Å². The van der Waals surface area contributed by atoms with E-state index in [-0.39, 0.29) is 24.5 Å². The molecule has 2 aromatic carbocycles. The average molecular weight is 421 g/mol. The maximum absolute atomic E-state index is 13.4. The maximum atomic E-state index is 13.4. The van der Waals surface area contributed by atoms with Crippen LogP contribution < -0.4 is 5.32 Å². The SMILES string of the molecule is O=C(COC1CCCC1)N1CCC(C(=O)NCc2ccccc2)(c2ccccc2)CC1. The summed E-state index contributed by atoms with van der Waals surface area (Å²) in [5.41, 5.74) is 1.49. The van der Waals surface area contributed by atoms with E-state index in [0.717, 1.165) is 24.0 Å². The molecule has 0 aromatic heterocycles. The second kappa shape index (κ2) is 10.1. The van der Waals surface area contributed by atoms with Crippen LogP contribution in [0.1, 0.15) is 49.7 Å². The molecular formula is C26H32N2O3. The number of likely N-dealkylation sites (tertiary alicyclic amines) is 1. The summed E-state index contributed by atoms with van der Waals surface area (Å²) in [5, 5.41) is 3.15. The first-order chi connectivity index (χ1) is 15.2. The van der Waals surface area contributed by atoms with Crippen LogP contribution in [0.25, 0.3) is 0 Å². The molecule has 1 heterocycles. The van der Waals surface area contributed by atoms with Gasteiger partial charge < -0.3 is 15.0 Å². The van der Waals surface area contributed by atoms with Gasteiger partial charge in [-0.25, -0.2) is 0 Å². The zero-order valence-corrected chi connectivity index (χ0v) is 18.1. The van der Waals surface area contributed by atoms with E-state index >= 15 is 0 Å². The Morgan fingerprint density at radius 3 is 2.19 bits per heavy atom. The van der Waals surface area contributed by atoms with Crippen molar-refractivity contribution in [2.24, 2.45) is 0 Å². The molecule has 5 heteroatoms. The standard InChI is InChI=1S/C26H32N2O3/c29-24(20-31-23-13-7-8-14-23)28-17-15-26(16-18-28,22-11-5-2-6-12-22)25(30)27-19-21-9-3-1-4-10-21/h1-6,9-12,23H,7-8,13-20H2,(H,27,30). The first-order valence-electron chi connectivity index (χ1n) is 11.4. The van der Waals surface area contributed by atoms with Crippen LogP contribution in [0.3, 0.4) is 0 Å². The van der Waals surface area contributed by atoms with E-state index in [1.165, 1.54) is 12.8 Å². The number of nitrogens with zero attached hydrogens (tertiary/aromatic N) is 1. The van der Waals surface area contributed by atoms with E-state index in [1.807, 2.05) is 65.6 Å². The fraction of sp³-hybridized carbons (Fsp3) is 0.462. The second-order valence-electron chi connectivity index (χ2n) is 8.71. The number of amides is 2. The molecule has 2 fully saturated rings. The van der Waals surface area contributed by atoms with Crippen molar-refractivity contribution in [1.82, 2.24) is 10.2 Å². The van der Waals surface area contributed by atoms with Crippen LogP contribution >= 0.6 is 0 Å². The first kappa shape index (κ1) is 21.6. The fourth-order valence-electron chi connectivity index (χ4n) is 4.82. The number of ether oxygens (including phenoxy) is 1. The third-order valence-electron chi connectivity index (χ3n) is 6.77. The molecule has 1 aliphatic carbocycles. The van der Waals surface area contributed by atoms with Gasteiger partial charge in [-0.2, -0.15) is 0 Å². The van der Waals surface area contributed by atoms with Crippen molar-refractivity contribution < 1.29 is 14.3 Å².